The van der Waals surface area contributed by atoms with Crippen molar-refractivity contribution in [2.45, 2.75) is 52.0 Å². The van der Waals surface area contributed by atoms with Crippen LogP contribution in [0, 0.1) is 11.8 Å². The van der Waals surface area contributed by atoms with Gasteiger partial charge in [0.25, 0.3) is 0 Å². The van der Waals surface area contributed by atoms with E-state index in [2.05, 4.69) is 38.1 Å². The summed E-state index contributed by atoms with van der Waals surface area (Å²) in [7, 11) is 0. The van der Waals surface area contributed by atoms with Gasteiger partial charge in [0, 0.05) is 6.04 Å². The minimum absolute atomic E-state index is 0.225. The summed E-state index contributed by atoms with van der Waals surface area (Å²) in [5.41, 5.74) is 9.09. The molecule has 0 radical (unpaired) electrons. The van der Waals surface area contributed by atoms with Crippen LogP contribution >= 0.6 is 0 Å². The first kappa shape index (κ1) is 12.6. The van der Waals surface area contributed by atoms with E-state index in [4.69, 9.17) is 5.73 Å². The monoisotopic (exact) mass is 231 g/mol. The fourth-order valence-electron chi connectivity index (χ4n) is 2.51. The molecule has 17 heavy (non-hydrogen) atoms. The van der Waals surface area contributed by atoms with E-state index < -0.39 is 0 Å². The quantitative estimate of drug-likeness (QED) is 0.784. The first-order chi connectivity index (χ1) is 8.22. The lowest BCUT2D eigenvalue weighted by atomic mass is 9.91. The van der Waals surface area contributed by atoms with E-state index >= 15 is 0 Å². The van der Waals surface area contributed by atoms with E-state index in [9.17, 15) is 0 Å². The molecule has 1 aliphatic carbocycles. The van der Waals surface area contributed by atoms with Crippen molar-refractivity contribution in [2.75, 3.05) is 0 Å². The van der Waals surface area contributed by atoms with Crippen LogP contribution in [0.2, 0.25) is 0 Å². The number of aryl methyl sites for hydroxylation is 1. The standard InChI is InChI=1S/C16H25N/c1-3-4-5-13-6-8-15(9-7-13)16(17)12(2)14-10-11-14/h6-9,12,14,16H,3-5,10-11,17H2,1-2H3. The van der Waals surface area contributed by atoms with Crippen LogP contribution in [0.5, 0.6) is 0 Å². The van der Waals surface area contributed by atoms with Crippen molar-refractivity contribution in [3.05, 3.63) is 35.4 Å². The van der Waals surface area contributed by atoms with E-state index in [0.29, 0.717) is 5.92 Å². The first-order valence-corrected chi connectivity index (χ1v) is 7.06. The van der Waals surface area contributed by atoms with Crippen LogP contribution < -0.4 is 5.73 Å². The molecule has 1 aromatic carbocycles. The summed E-state index contributed by atoms with van der Waals surface area (Å²) in [6.45, 7) is 4.54. The van der Waals surface area contributed by atoms with Gasteiger partial charge in [-0.1, -0.05) is 44.5 Å². The number of nitrogens with two attached hydrogens (primary N) is 1. The molecule has 1 nitrogen and oxygen atoms in total. The highest BCUT2D eigenvalue weighted by molar-refractivity contribution is 5.25. The smallest absolute Gasteiger partial charge is 0.0323 e. The van der Waals surface area contributed by atoms with Gasteiger partial charge in [0.1, 0.15) is 0 Å². The van der Waals surface area contributed by atoms with Crippen LogP contribution in [0.25, 0.3) is 0 Å². The number of benzene rings is 1. The summed E-state index contributed by atoms with van der Waals surface area (Å²) < 4.78 is 0. The van der Waals surface area contributed by atoms with Gasteiger partial charge in [-0.3, -0.25) is 0 Å². The second kappa shape index (κ2) is 5.68. The molecule has 1 aromatic rings. The molecule has 0 spiro atoms. The van der Waals surface area contributed by atoms with Gasteiger partial charge in [0.15, 0.2) is 0 Å². The molecule has 1 heteroatoms. The third kappa shape index (κ3) is 3.32. The molecule has 2 unspecified atom stereocenters. The molecular formula is C16H25N. The van der Waals surface area contributed by atoms with Gasteiger partial charge in [-0.05, 0) is 48.6 Å². The predicted molar refractivity (Wildman–Crippen MR) is 73.9 cm³/mol. The highest BCUT2D eigenvalue weighted by Crippen LogP contribution is 2.41. The number of hydrogen-bond donors (Lipinski definition) is 1. The Morgan fingerprint density at radius 3 is 2.41 bits per heavy atom. The molecule has 2 rings (SSSR count). The molecule has 2 N–H and O–H groups in total. The Kier molecular flexibility index (Phi) is 4.22. The van der Waals surface area contributed by atoms with Crippen molar-refractivity contribution in [1.29, 1.82) is 0 Å². The minimum Gasteiger partial charge on any atom is -0.324 e. The highest BCUT2D eigenvalue weighted by Gasteiger charge is 2.32. The van der Waals surface area contributed by atoms with Crippen LogP contribution in [0.3, 0.4) is 0 Å². The molecule has 0 saturated heterocycles. The van der Waals surface area contributed by atoms with E-state index in [1.807, 2.05) is 0 Å². The zero-order valence-electron chi connectivity index (χ0n) is 11.2. The van der Waals surface area contributed by atoms with Gasteiger partial charge in [-0.25, -0.2) is 0 Å². The maximum Gasteiger partial charge on any atom is 0.0323 e. The molecule has 0 bridgehead atoms. The van der Waals surface area contributed by atoms with Crippen molar-refractivity contribution in [2.24, 2.45) is 17.6 Å². The van der Waals surface area contributed by atoms with Crippen molar-refractivity contribution >= 4 is 0 Å². The molecule has 0 amide bonds. The van der Waals surface area contributed by atoms with Crippen LogP contribution in [0.15, 0.2) is 24.3 Å². The van der Waals surface area contributed by atoms with E-state index in [-0.39, 0.29) is 6.04 Å². The normalized spacial score (nSPS) is 19.0. The van der Waals surface area contributed by atoms with Crippen LogP contribution in [0.4, 0.5) is 0 Å². The lowest BCUT2D eigenvalue weighted by molar-refractivity contribution is 0.417. The zero-order chi connectivity index (χ0) is 12.3. The number of unbranched alkanes of at least 4 members (excludes halogenated alkanes) is 1. The molecule has 1 fully saturated rings. The summed E-state index contributed by atoms with van der Waals surface area (Å²) in [6, 6.07) is 9.20. The van der Waals surface area contributed by atoms with E-state index in [1.165, 1.54) is 43.2 Å². The Hall–Kier alpha value is -0.820. The first-order valence-electron chi connectivity index (χ1n) is 7.06. The largest absolute Gasteiger partial charge is 0.324 e. The Morgan fingerprint density at radius 2 is 1.88 bits per heavy atom. The SMILES string of the molecule is CCCCc1ccc(C(N)C(C)C2CC2)cc1. The summed E-state index contributed by atoms with van der Waals surface area (Å²) in [5.74, 6) is 1.52. The number of hydrogen-bond acceptors (Lipinski definition) is 1. The van der Waals surface area contributed by atoms with Gasteiger partial charge in [-0.2, -0.15) is 0 Å². The Balaban J connectivity index is 1.96. The molecule has 2 atom stereocenters. The predicted octanol–water partition coefficient (Wildman–Crippen LogP) is 4.08. The second-order valence-electron chi connectivity index (χ2n) is 5.57. The van der Waals surface area contributed by atoms with Gasteiger partial charge in [-0.15, -0.1) is 0 Å². The second-order valence-corrected chi connectivity index (χ2v) is 5.57. The molecule has 0 aliphatic heterocycles. The summed E-state index contributed by atoms with van der Waals surface area (Å²) >= 11 is 0. The highest BCUT2D eigenvalue weighted by atomic mass is 14.7. The van der Waals surface area contributed by atoms with Crippen molar-refractivity contribution in [1.82, 2.24) is 0 Å². The zero-order valence-corrected chi connectivity index (χ0v) is 11.2. The van der Waals surface area contributed by atoms with Crippen LogP contribution in [-0.4, -0.2) is 0 Å². The average molecular weight is 231 g/mol. The maximum atomic E-state index is 6.33. The van der Waals surface area contributed by atoms with Gasteiger partial charge in [0.05, 0.1) is 0 Å². The van der Waals surface area contributed by atoms with E-state index in [0.717, 1.165) is 5.92 Å². The molecule has 1 saturated carbocycles. The van der Waals surface area contributed by atoms with E-state index in [1.54, 1.807) is 0 Å². The van der Waals surface area contributed by atoms with Gasteiger partial charge >= 0.3 is 0 Å². The Bertz CT molecular complexity index is 337. The summed E-state index contributed by atoms with van der Waals surface area (Å²) in [4.78, 5) is 0. The van der Waals surface area contributed by atoms with Crippen LogP contribution in [-0.2, 0) is 6.42 Å². The molecule has 94 valence electrons. The van der Waals surface area contributed by atoms with Crippen molar-refractivity contribution in [3.63, 3.8) is 0 Å². The lowest BCUT2D eigenvalue weighted by Crippen LogP contribution is -2.20. The Labute approximate surface area is 105 Å². The third-order valence-electron chi connectivity index (χ3n) is 4.12. The summed E-state index contributed by atoms with van der Waals surface area (Å²) in [5, 5.41) is 0. The van der Waals surface area contributed by atoms with Crippen molar-refractivity contribution in [3.8, 4) is 0 Å². The minimum atomic E-state index is 0.225. The van der Waals surface area contributed by atoms with Gasteiger partial charge < -0.3 is 5.73 Å². The molecule has 0 aromatic heterocycles. The third-order valence-corrected chi connectivity index (χ3v) is 4.12. The molecule has 1 aliphatic rings. The summed E-state index contributed by atoms with van der Waals surface area (Å²) in [6.07, 6.45) is 6.50. The van der Waals surface area contributed by atoms with Crippen LogP contribution in [0.1, 0.15) is 56.7 Å². The Morgan fingerprint density at radius 1 is 1.24 bits per heavy atom. The fourth-order valence-corrected chi connectivity index (χ4v) is 2.51. The number of rotatable bonds is 6. The molecule has 0 heterocycles. The molecular weight excluding hydrogens is 206 g/mol. The van der Waals surface area contributed by atoms with Gasteiger partial charge in [0.2, 0.25) is 0 Å². The fraction of sp³-hybridized carbons (Fsp3) is 0.625. The maximum absolute atomic E-state index is 6.33. The lowest BCUT2D eigenvalue weighted by Gasteiger charge is -2.20. The van der Waals surface area contributed by atoms with Crippen molar-refractivity contribution < 1.29 is 0 Å². The topological polar surface area (TPSA) is 26.0 Å². The average Bonchev–Trinajstić information content (AvgIpc) is 3.19.